The number of carbonyl (C=O) groups is 1. The minimum Gasteiger partial charge on any atom is -0.496 e. The largest absolute Gasteiger partial charge is 0.496 e. The Morgan fingerprint density at radius 1 is 1.16 bits per heavy atom. The molecule has 0 heterocycles. The zero-order valence-corrected chi connectivity index (χ0v) is 12.9. The molecule has 3 nitrogen and oxygen atoms in total. The number of hydrogen-bond donors (Lipinski definition) is 0. The third-order valence-electron chi connectivity index (χ3n) is 3.83. The van der Waals surface area contributed by atoms with Gasteiger partial charge in [-0.2, -0.15) is 0 Å². The standard InChI is InChI=1S/C15H21O3P/c1-10-8-11(17-2)13(12(9-10)18-3)14(16)15(19)6-4-5-7-15/h8-9H,4-7,19H2,1-3H3. The smallest absolute Gasteiger partial charge is 0.180 e. The summed E-state index contributed by atoms with van der Waals surface area (Å²) in [6, 6.07) is 3.78. The lowest BCUT2D eigenvalue weighted by molar-refractivity contribution is 0.0938. The van der Waals surface area contributed by atoms with Crippen LogP contribution in [-0.4, -0.2) is 25.2 Å². The molecular formula is C15H21O3P. The summed E-state index contributed by atoms with van der Waals surface area (Å²) in [5.74, 6) is 1.33. The highest BCUT2D eigenvalue weighted by molar-refractivity contribution is 7.21. The van der Waals surface area contributed by atoms with Gasteiger partial charge in [0.05, 0.1) is 14.2 Å². The second-order valence-corrected chi connectivity index (χ2v) is 6.34. The van der Waals surface area contributed by atoms with Gasteiger partial charge in [-0.05, 0) is 37.5 Å². The van der Waals surface area contributed by atoms with Crippen LogP contribution in [0.25, 0.3) is 0 Å². The molecule has 4 heteroatoms. The van der Waals surface area contributed by atoms with Crippen LogP contribution in [-0.2, 0) is 0 Å². The first-order valence-electron chi connectivity index (χ1n) is 6.58. The summed E-state index contributed by atoms with van der Waals surface area (Å²) in [5.41, 5.74) is 1.60. The Morgan fingerprint density at radius 3 is 2.05 bits per heavy atom. The summed E-state index contributed by atoms with van der Waals surface area (Å²) in [4.78, 5) is 12.9. The van der Waals surface area contributed by atoms with E-state index < -0.39 is 0 Å². The lowest BCUT2D eigenvalue weighted by Crippen LogP contribution is -2.29. The van der Waals surface area contributed by atoms with Crippen LogP contribution >= 0.6 is 9.24 Å². The van der Waals surface area contributed by atoms with Gasteiger partial charge < -0.3 is 9.47 Å². The summed E-state index contributed by atoms with van der Waals surface area (Å²) in [6.45, 7) is 1.96. The molecule has 0 radical (unpaired) electrons. The van der Waals surface area contributed by atoms with E-state index in [1.54, 1.807) is 14.2 Å². The second kappa shape index (κ2) is 5.50. The third kappa shape index (κ3) is 2.62. The van der Waals surface area contributed by atoms with Crippen molar-refractivity contribution in [1.82, 2.24) is 0 Å². The monoisotopic (exact) mass is 280 g/mol. The number of methoxy groups -OCH3 is 2. The summed E-state index contributed by atoms with van der Waals surface area (Å²) >= 11 is 0. The number of benzene rings is 1. The van der Waals surface area contributed by atoms with E-state index in [4.69, 9.17) is 9.47 Å². The van der Waals surface area contributed by atoms with Crippen molar-refractivity contribution in [3.05, 3.63) is 23.3 Å². The van der Waals surface area contributed by atoms with Crippen LogP contribution in [0.1, 0.15) is 41.6 Å². The minimum atomic E-state index is -0.351. The van der Waals surface area contributed by atoms with Gasteiger partial charge in [-0.3, -0.25) is 4.79 Å². The molecule has 0 saturated heterocycles. The first-order chi connectivity index (χ1) is 9.01. The summed E-state index contributed by atoms with van der Waals surface area (Å²) in [6.07, 6.45) is 4.03. The van der Waals surface area contributed by atoms with E-state index in [-0.39, 0.29) is 10.9 Å². The van der Waals surface area contributed by atoms with E-state index >= 15 is 0 Å². The maximum atomic E-state index is 12.9. The van der Waals surface area contributed by atoms with Crippen molar-refractivity contribution in [3.63, 3.8) is 0 Å². The zero-order chi connectivity index (χ0) is 14.0. The van der Waals surface area contributed by atoms with Gasteiger partial charge >= 0.3 is 0 Å². The highest BCUT2D eigenvalue weighted by Crippen LogP contribution is 2.44. The molecule has 1 aliphatic rings. The van der Waals surface area contributed by atoms with Crippen LogP contribution in [0, 0.1) is 6.92 Å². The predicted octanol–water partition coefficient (Wildman–Crippen LogP) is 3.38. The van der Waals surface area contributed by atoms with Gasteiger partial charge in [-0.15, -0.1) is 9.24 Å². The molecule has 1 fully saturated rings. The number of Topliss-reactive ketones (excluding diaryl/α,β-unsaturated/α-hetero) is 1. The number of carbonyl (C=O) groups excluding carboxylic acids is 1. The van der Waals surface area contributed by atoms with Gasteiger partial charge in [0, 0.05) is 5.16 Å². The van der Waals surface area contributed by atoms with Crippen LogP contribution in [0.3, 0.4) is 0 Å². The molecule has 1 aromatic carbocycles. The van der Waals surface area contributed by atoms with E-state index in [1.165, 1.54) is 0 Å². The van der Waals surface area contributed by atoms with E-state index in [9.17, 15) is 4.79 Å². The molecule has 0 amide bonds. The summed E-state index contributed by atoms with van der Waals surface area (Å²) in [5, 5.41) is -0.351. The first kappa shape index (κ1) is 14.3. The van der Waals surface area contributed by atoms with Crippen LogP contribution in [0.15, 0.2) is 12.1 Å². The predicted molar refractivity (Wildman–Crippen MR) is 79.5 cm³/mol. The fourth-order valence-corrected chi connectivity index (χ4v) is 3.30. The highest BCUT2D eigenvalue weighted by atomic mass is 31.0. The minimum absolute atomic E-state index is 0.115. The van der Waals surface area contributed by atoms with E-state index in [2.05, 4.69) is 9.24 Å². The number of ketones is 1. The topological polar surface area (TPSA) is 35.5 Å². The Kier molecular flexibility index (Phi) is 4.15. The van der Waals surface area contributed by atoms with Crippen molar-refractivity contribution in [2.24, 2.45) is 0 Å². The van der Waals surface area contributed by atoms with E-state index in [0.717, 1.165) is 31.2 Å². The molecule has 19 heavy (non-hydrogen) atoms. The fourth-order valence-electron chi connectivity index (χ4n) is 2.75. The Bertz CT molecular complexity index is 465. The quantitative estimate of drug-likeness (QED) is 0.626. The number of aryl methyl sites for hydroxylation is 1. The Morgan fingerprint density at radius 2 is 1.63 bits per heavy atom. The molecule has 104 valence electrons. The van der Waals surface area contributed by atoms with Crippen molar-refractivity contribution in [2.45, 2.75) is 37.8 Å². The molecule has 1 aliphatic carbocycles. The van der Waals surface area contributed by atoms with Crippen LogP contribution in [0.4, 0.5) is 0 Å². The molecule has 0 N–H and O–H groups in total. The number of rotatable bonds is 4. The molecule has 1 atom stereocenters. The normalized spacial score (nSPS) is 17.3. The van der Waals surface area contributed by atoms with Crippen molar-refractivity contribution in [3.8, 4) is 11.5 Å². The van der Waals surface area contributed by atoms with Gasteiger partial charge in [0.15, 0.2) is 5.78 Å². The molecular weight excluding hydrogens is 259 g/mol. The molecule has 0 aromatic heterocycles. The molecule has 2 rings (SSSR count). The summed E-state index contributed by atoms with van der Waals surface area (Å²) in [7, 11) is 5.94. The Hall–Kier alpha value is -1.08. The van der Waals surface area contributed by atoms with Crippen molar-refractivity contribution < 1.29 is 14.3 Å². The van der Waals surface area contributed by atoms with Gasteiger partial charge in [0.1, 0.15) is 17.1 Å². The summed E-state index contributed by atoms with van der Waals surface area (Å²) < 4.78 is 10.8. The Balaban J connectivity index is 2.51. The van der Waals surface area contributed by atoms with Crippen molar-refractivity contribution >= 4 is 15.0 Å². The number of ether oxygens (including phenoxy) is 2. The molecule has 1 saturated carbocycles. The SMILES string of the molecule is COc1cc(C)cc(OC)c1C(=O)C1(P)CCCC1. The third-order valence-corrected chi connectivity index (χ3v) is 4.66. The van der Waals surface area contributed by atoms with Gasteiger partial charge in [-0.1, -0.05) is 12.8 Å². The number of hydrogen-bond acceptors (Lipinski definition) is 3. The van der Waals surface area contributed by atoms with E-state index in [0.29, 0.717) is 17.1 Å². The van der Waals surface area contributed by atoms with Crippen molar-refractivity contribution in [1.29, 1.82) is 0 Å². The van der Waals surface area contributed by atoms with Crippen molar-refractivity contribution in [2.75, 3.05) is 14.2 Å². The highest BCUT2D eigenvalue weighted by Gasteiger charge is 2.39. The average molecular weight is 280 g/mol. The second-order valence-electron chi connectivity index (χ2n) is 5.24. The first-order valence-corrected chi connectivity index (χ1v) is 7.16. The zero-order valence-electron chi connectivity index (χ0n) is 11.8. The molecule has 0 bridgehead atoms. The van der Waals surface area contributed by atoms with Crippen LogP contribution in [0.5, 0.6) is 11.5 Å². The van der Waals surface area contributed by atoms with Gasteiger partial charge in [-0.25, -0.2) is 0 Å². The molecule has 0 aliphatic heterocycles. The molecule has 0 spiro atoms. The maximum Gasteiger partial charge on any atom is 0.180 e. The lowest BCUT2D eigenvalue weighted by Gasteiger charge is -2.24. The average Bonchev–Trinajstić information content (AvgIpc) is 2.85. The molecule has 1 unspecified atom stereocenters. The lowest BCUT2D eigenvalue weighted by atomic mass is 9.93. The van der Waals surface area contributed by atoms with Crippen LogP contribution < -0.4 is 9.47 Å². The van der Waals surface area contributed by atoms with Gasteiger partial charge in [0.25, 0.3) is 0 Å². The Labute approximate surface area is 116 Å². The van der Waals surface area contributed by atoms with Crippen LogP contribution in [0.2, 0.25) is 0 Å². The fraction of sp³-hybridized carbons (Fsp3) is 0.533. The van der Waals surface area contributed by atoms with Gasteiger partial charge in [0.2, 0.25) is 0 Å². The molecule has 1 aromatic rings. The van der Waals surface area contributed by atoms with E-state index in [1.807, 2.05) is 19.1 Å². The maximum absolute atomic E-state index is 12.9.